The first-order valence-corrected chi connectivity index (χ1v) is 19.8. The maximum atomic E-state index is 6.44. The number of nitrogens with zero attached hydrogens (tertiary/aromatic N) is 4. The van der Waals surface area contributed by atoms with Crippen molar-refractivity contribution < 1.29 is 4.42 Å². The summed E-state index contributed by atoms with van der Waals surface area (Å²) in [5.41, 5.74) is 10.2. The molecule has 4 aromatic heterocycles. The number of para-hydroxylation sites is 1. The van der Waals surface area contributed by atoms with Crippen molar-refractivity contribution in [2.75, 3.05) is 0 Å². The second-order valence-corrected chi connectivity index (χ2v) is 15.5. The molecule has 12 rings (SSSR count). The van der Waals surface area contributed by atoms with Crippen LogP contribution < -0.4 is 0 Å². The molecule has 6 heteroatoms. The first-order valence-electron chi connectivity index (χ1n) is 19.0. The van der Waals surface area contributed by atoms with Crippen molar-refractivity contribution >= 4 is 75.3 Å². The molecule has 0 spiro atoms. The summed E-state index contributed by atoms with van der Waals surface area (Å²) in [7, 11) is 0. The summed E-state index contributed by atoms with van der Waals surface area (Å²) in [6, 6.07) is 63.8. The molecule has 0 amide bonds. The quantitative estimate of drug-likeness (QED) is 0.176. The number of hydrogen-bond acceptors (Lipinski definition) is 5. The Balaban J connectivity index is 1.05. The third-order valence-electron chi connectivity index (χ3n) is 11.0. The minimum absolute atomic E-state index is 0.609. The van der Waals surface area contributed by atoms with Crippen molar-refractivity contribution in [1.82, 2.24) is 19.5 Å². The molecule has 0 unspecified atom stereocenters. The molecular formula is C51H30N4OS. The van der Waals surface area contributed by atoms with Gasteiger partial charge in [0.15, 0.2) is 17.5 Å². The van der Waals surface area contributed by atoms with Crippen LogP contribution in [0.1, 0.15) is 0 Å². The van der Waals surface area contributed by atoms with E-state index in [9.17, 15) is 0 Å². The third kappa shape index (κ3) is 5.12. The van der Waals surface area contributed by atoms with Gasteiger partial charge in [0.2, 0.25) is 0 Å². The Morgan fingerprint density at radius 2 is 0.982 bits per heavy atom. The van der Waals surface area contributed by atoms with Gasteiger partial charge in [-0.15, -0.1) is 11.3 Å². The fourth-order valence-corrected chi connectivity index (χ4v) is 9.53. The van der Waals surface area contributed by atoms with Crippen molar-refractivity contribution in [3.63, 3.8) is 0 Å². The highest BCUT2D eigenvalue weighted by Gasteiger charge is 2.19. The zero-order valence-electron chi connectivity index (χ0n) is 30.4. The van der Waals surface area contributed by atoms with Gasteiger partial charge in [-0.05, 0) is 83.9 Å². The van der Waals surface area contributed by atoms with Crippen molar-refractivity contribution in [3.05, 3.63) is 182 Å². The standard InChI is InChI=1S/C51H30N4OS/c1-3-12-31(13-4-1)33-16-11-17-36(28-33)55-41-20-9-7-18-37(41)39-29-34(22-24-42(39)55)50-52-49(32-14-5-2-6-15-32)53-51(54-50)35-23-25-43-40(30-35)47-44(56-43)26-27-46-48(47)38-19-8-10-21-45(38)57-46/h1-30H. The Hall–Kier alpha value is -7.41. The number of rotatable bonds is 5. The lowest BCUT2D eigenvalue weighted by atomic mass is 10.0. The molecule has 0 radical (unpaired) electrons. The zero-order chi connectivity index (χ0) is 37.5. The molecule has 0 saturated heterocycles. The van der Waals surface area contributed by atoms with Gasteiger partial charge in [0, 0.05) is 64.1 Å². The van der Waals surface area contributed by atoms with E-state index in [-0.39, 0.29) is 0 Å². The molecule has 0 fully saturated rings. The predicted octanol–water partition coefficient (Wildman–Crippen LogP) is 13.9. The number of furan rings is 1. The van der Waals surface area contributed by atoms with E-state index < -0.39 is 0 Å². The Labute approximate surface area is 330 Å². The molecule has 0 atom stereocenters. The lowest BCUT2D eigenvalue weighted by molar-refractivity contribution is 0.669. The van der Waals surface area contributed by atoms with Crippen molar-refractivity contribution in [3.8, 4) is 51.0 Å². The molecular weight excluding hydrogens is 717 g/mol. The van der Waals surface area contributed by atoms with Crippen molar-refractivity contribution in [2.24, 2.45) is 0 Å². The van der Waals surface area contributed by atoms with Gasteiger partial charge >= 0.3 is 0 Å². The van der Waals surface area contributed by atoms with E-state index in [0.717, 1.165) is 60.7 Å². The summed E-state index contributed by atoms with van der Waals surface area (Å²) in [6.45, 7) is 0. The molecule has 0 aliphatic rings. The van der Waals surface area contributed by atoms with E-state index in [1.165, 1.54) is 36.7 Å². The first kappa shape index (κ1) is 31.9. The van der Waals surface area contributed by atoms with E-state index in [1.807, 2.05) is 35.6 Å². The van der Waals surface area contributed by atoms with Gasteiger partial charge in [-0.2, -0.15) is 0 Å². The molecule has 0 N–H and O–H groups in total. The smallest absolute Gasteiger partial charge is 0.164 e. The first-order chi connectivity index (χ1) is 28.2. The van der Waals surface area contributed by atoms with Gasteiger partial charge in [0.1, 0.15) is 11.2 Å². The van der Waals surface area contributed by atoms with Crippen LogP contribution in [0.3, 0.4) is 0 Å². The molecule has 57 heavy (non-hydrogen) atoms. The molecule has 0 aliphatic heterocycles. The zero-order valence-corrected chi connectivity index (χ0v) is 31.2. The maximum absolute atomic E-state index is 6.44. The molecule has 8 aromatic carbocycles. The van der Waals surface area contributed by atoms with Crippen LogP contribution in [0.2, 0.25) is 0 Å². The van der Waals surface area contributed by atoms with E-state index >= 15 is 0 Å². The number of fused-ring (bicyclic) bond motifs is 10. The highest BCUT2D eigenvalue weighted by atomic mass is 32.1. The lowest BCUT2D eigenvalue weighted by Crippen LogP contribution is -2.00. The van der Waals surface area contributed by atoms with Gasteiger partial charge in [-0.25, -0.2) is 15.0 Å². The minimum Gasteiger partial charge on any atom is -0.456 e. The van der Waals surface area contributed by atoms with E-state index in [4.69, 9.17) is 19.4 Å². The number of thiophene rings is 1. The van der Waals surface area contributed by atoms with Crippen LogP contribution in [0.15, 0.2) is 186 Å². The molecule has 4 heterocycles. The van der Waals surface area contributed by atoms with E-state index in [1.54, 1.807) is 0 Å². The van der Waals surface area contributed by atoms with Crippen LogP contribution in [-0.4, -0.2) is 19.5 Å². The fraction of sp³-hybridized carbons (Fsp3) is 0. The van der Waals surface area contributed by atoms with Crippen LogP contribution in [0.4, 0.5) is 0 Å². The largest absolute Gasteiger partial charge is 0.456 e. The second-order valence-electron chi connectivity index (χ2n) is 14.4. The van der Waals surface area contributed by atoms with Gasteiger partial charge < -0.3 is 8.98 Å². The van der Waals surface area contributed by atoms with Crippen LogP contribution >= 0.6 is 11.3 Å². The van der Waals surface area contributed by atoms with Crippen molar-refractivity contribution in [2.45, 2.75) is 0 Å². The Kier molecular flexibility index (Phi) is 7.03. The Morgan fingerprint density at radius 3 is 1.79 bits per heavy atom. The Bertz CT molecular complexity index is 3530. The minimum atomic E-state index is 0.609. The normalized spacial score (nSPS) is 11.9. The SMILES string of the molecule is c1ccc(-c2cccc(-n3c4ccccc4c4cc(-c5nc(-c6ccccc6)nc(-c6ccc7oc8ccc9sc%10ccccc%10c9c8c7c6)n5)ccc43)c2)cc1. The van der Waals surface area contributed by atoms with Crippen LogP contribution in [0, 0.1) is 0 Å². The number of hydrogen-bond donors (Lipinski definition) is 0. The Morgan fingerprint density at radius 1 is 0.368 bits per heavy atom. The van der Waals surface area contributed by atoms with Gasteiger partial charge in [0.05, 0.1) is 11.0 Å². The maximum Gasteiger partial charge on any atom is 0.164 e. The average Bonchev–Trinajstić information content (AvgIpc) is 3.96. The molecule has 0 bridgehead atoms. The summed E-state index contributed by atoms with van der Waals surface area (Å²) in [4.78, 5) is 15.4. The number of benzene rings is 8. The summed E-state index contributed by atoms with van der Waals surface area (Å²) in [5, 5.41) is 6.94. The molecule has 5 nitrogen and oxygen atoms in total. The van der Waals surface area contributed by atoms with Crippen LogP contribution in [0.5, 0.6) is 0 Å². The topological polar surface area (TPSA) is 56.7 Å². The molecule has 0 aliphatic carbocycles. The molecule has 0 saturated carbocycles. The monoisotopic (exact) mass is 746 g/mol. The average molecular weight is 747 g/mol. The predicted molar refractivity (Wildman–Crippen MR) is 236 cm³/mol. The summed E-state index contributed by atoms with van der Waals surface area (Å²) in [6.07, 6.45) is 0. The van der Waals surface area contributed by atoms with Gasteiger partial charge in [-0.1, -0.05) is 109 Å². The fourth-order valence-electron chi connectivity index (χ4n) is 8.42. The van der Waals surface area contributed by atoms with Gasteiger partial charge in [0.25, 0.3) is 0 Å². The lowest BCUT2D eigenvalue weighted by Gasteiger charge is -2.11. The van der Waals surface area contributed by atoms with E-state index in [2.05, 4.69) is 162 Å². The van der Waals surface area contributed by atoms with Crippen LogP contribution in [-0.2, 0) is 0 Å². The molecule has 12 aromatic rings. The molecule has 266 valence electrons. The van der Waals surface area contributed by atoms with Gasteiger partial charge in [-0.3, -0.25) is 0 Å². The highest BCUT2D eigenvalue weighted by Crippen LogP contribution is 2.43. The van der Waals surface area contributed by atoms with Crippen LogP contribution in [0.25, 0.3) is 115 Å². The summed E-state index contributed by atoms with van der Waals surface area (Å²) in [5.74, 6) is 1.85. The van der Waals surface area contributed by atoms with Crippen molar-refractivity contribution in [1.29, 1.82) is 0 Å². The highest BCUT2D eigenvalue weighted by molar-refractivity contribution is 7.26. The third-order valence-corrected chi connectivity index (χ3v) is 12.2. The summed E-state index contributed by atoms with van der Waals surface area (Å²) < 4.78 is 11.3. The second kappa shape index (κ2) is 12.6. The summed E-state index contributed by atoms with van der Waals surface area (Å²) >= 11 is 1.81. The number of aromatic nitrogens is 4. The van der Waals surface area contributed by atoms with E-state index in [0.29, 0.717) is 17.5 Å².